The highest BCUT2D eigenvalue weighted by atomic mass is 19.1. The van der Waals surface area contributed by atoms with Crippen molar-refractivity contribution < 1.29 is 9.18 Å². The molecule has 1 aliphatic rings. The third-order valence-corrected chi connectivity index (χ3v) is 5.05. The number of rotatable bonds is 8. The van der Waals surface area contributed by atoms with Crippen LogP contribution in [-0.4, -0.2) is 35.4 Å². The van der Waals surface area contributed by atoms with Gasteiger partial charge >= 0.3 is 0 Å². The molecule has 2 N–H and O–H groups in total. The Kier molecular flexibility index (Phi) is 6.90. The summed E-state index contributed by atoms with van der Waals surface area (Å²) in [5.41, 5.74) is 8.25. The van der Waals surface area contributed by atoms with Gasteiger partial charge < -0.3 is 4.90 Å². The fourth-order valence-corrected chi connectivity index (χ4v) is 3.49. The molecule has 3 rings (SSSR count). The van der Waals surface area contributed by atoms with Gasteiger partial charge in [-0.2, -0.15) is 0 Å². The maximum atomic E-state index is 13.4. The lowest BCUT2D eigenvalue weighted by molar-refractivity contribution is 0.0792. The predicted molar refractivity (Wildman–Crippen MR) is 103 cm³/mol. The number of carbonyl (C=O) groups excluding carboxylic acids is 1. The Morgan fingerprint density at radius 2 is 2.00 bits per heavy atom. The largest absolute Gasteiger partial charge is 0.342 e. The maximum absolute atomic E-state index is 13.4. The number of carbonyl (C=O) groups is 1. The molecule has 0 radical (unpaired) electrons. The third-order valence-electron chi connectivity index (χ3n) is 5.05. The second-order valence-electron chi connectivity index (χ2n) is 7.14. The quantitative estimate of drug-likeness (QED) is 0.699. The van der Waals surface area contributed by atoms with Gasteiger partial charge in [0.1, 0.15) is 5.82 Å². The monoisotopic (exact) mass is 370 g/mol. The lowest BCUT2D eigenvalue weighted by atomic mass is 9.99. The molecular weight excluding hydrogens is 343 g/mol. The Morgan fingerprint density at radius 3 is 2.78 bits per heavy atom. The van der Waals surface area contributed by atoms with Crippen LogP contribution in [0.3, 0.4) is 0 Å². The average Bonchev–Trinajstić information content (AvgIpc) is 3.16. The number of aromatic nitrogens is 1. The number of hydrogen-bond acceptors (Lipinski definition) is 4. The topological polar surface area (TPSA) is 57.3 Å². The zero-order chi connectivity index (χ0) is 19.1. The molecule has 1 aromatic carbocycles. The van der Waals surface area contributed by atoms with Gasteiger partial charge in [-0.15, -0.1) is 0 Å². The van der Waals surface area contributed by atoms with Crippen LogP contribution in [0.1, 0.15) is 54.1 Å². The number of amides is 1. The standard InChI is InChI=1S/C21H27FN4O/c1-26(21(27)16-9-11-23-12-10-16)13-4-2-3-8-19-15-20(25-24-19)17-6-5-7-18(22)14-17/h5-7,9-12,14,19-20,24-25H,2-4,8,13,15H2,1H3. The van der Waals surface area contributed by atoms with Gasteiger partial charge in [0.05, 0.1) is 0 Å². The molecule has 1 aliphatic heterocycles. The van der Waals surface area contributed by atoms with Gasteiger partial charge in [-0.3, -0.25) is 20.6 Å². The first-order valence-corrected chi connectivity index (χ1v) is 9.55. The molecular formula is C21H27FN4O. The van der Waals surface area contributed by atoms with Crippen LogP contribution in [-0.2, 0) is 0 Å². The van der Waals surface area contributed by atoms with Gasteiger partial charge in [0.15, 0.2) is 0 Å². The van der Waals surface area contributed by atoms with Crippen molar-refractivity contribution in [1.82, 2.24) is 20.7 Å². The van der Waals surface area contributed by atoms with E-state index in [0.29, 0.717) is 11.6 Å². The van der Waals surface area contributed by atoms with Crippen molar-refractivity contribution in [3.05, 3.63) is 65.7 Å². The van der Waals surface area contributed by atoms with E-state index >= 15 is 0 Å². The van der Waals surface area contributed by atoms with Crippen molar-refractivity contribution in [2.45, 2.75) is 44.2 Å². The first-order chi connectivity index (χ1) is 13.1. The molecule has 144 valence electrons. The lowest BCUT2D eigenvalue weighted by Crippen LogP contribution is -2.30. The molecule has 6 heteroatoms. The van der Waals surface area contributed by atoms with Crippen molar-refractivity contribution in [3.8, 4) is 0 Å². The molecule has 0 saturated carbocycles. The number of pyridine rings is 1. The van der Waals surface area contributed by atoms with E-state index in [0.717, 1.165) is 44.2 Å². The van der Waals surface area contributed by atoms with E-state index < -0.39 is 0 Å². The van der Waals surface area contributed by atoms with E-state index in [1.54, 1.807) is 41.6 Å². The molecule has 0 bridgehead atoms. The minimum atomic E-state index is -0.191. The Bertz CT molecular complexity index is 740. The van der Waals surface area contributed by atoms with Crippen LogP contribution in [0.25, 0.3) is 0 Å². The Morgan fingerprint density at radius 1 is 1.19 bits per heavy atom. The zero-order valence-corrected chi connectivity index (χ0v) is 15.7. The van der Waals surface area contributed by atoms with Crippen molar-refractivity contribution >= 4 is 5.91 Å². The zero-order valence-electron chi connectivity index (χ0n) is 15.7. The van der Waals surface area contributed by atoms with Gasteiger partial charge in [-0.25, -0.2) is 4.39 Å². The number of nitrogens with zero attached hydrogens (tertiary/aromatic N) is 2. The van der Waals surface area contributed by atoms with E-state index in [4.69, 9.17) is 0 Å². The van der Waals surface area contributed by atoms with Gasteiger partial charge in [0.2, 0.25) is 0 Å². The Hall–Kier alpha value is -2.31. The van der Waals surface area contributed by atoms with Crippen molar-refractivity contribution in [2.75, 3.05) is 13.6 Å². The van der Waals surface area contributed by atoms with Crippen molar-refractivity contribution in [1.29, 1.82) is 0 Å². The summed E-state index contributed by atoms with van der Waals surface area (Å²) in [5.74, 6) is -0.153. The molecule has 1 saturated heterocycles. The lowest BCUT2D eigenvalue weighted by Gasteiger charge is -2.17. The van der Waals surface area contributed by atoms with Gasteiger partial charge in [-0.1, -0.05) is 25.0 Å². The maximum Gasteiger partial charge on any atom is 0.253 e. The summed E-state index contributed by atoms with van der Waals surface area (Å²) in [6.07, 6.45) is 8.48. The average molecular weight is 370 g/mol. The fraction of sp³-hybridized carbons (Fsp3) is 0.429. The first-order valence-electron chi connectivity index (χ1n) is 9.55. The van der Waals surface area contributed by atoms with Crippen LogP contribution in [0.15, 0.2) is 48.8 Å². The van der Waals surface area contributed by atoms with Crippen LogP contribution in [0.5, 0.6) is 0 Å². The molecule has 2 heterocycles. The summed E-state index contributed by atoms with van der Waals surface area (Å²) >= 11 is 0. The summed E-state index contributed by atoms with van der Waals surface area (Å²) in [6, 6.07) is 10.8. The van der Waals surface area contributed by atoms with E-state index in [1.807, 2.05) is 13.1 Å². The smallest absolute Gasteiger partial charge is 0.253 e. The first kappa shape index (κ1) is 19.5. The molecule has 0 spiro atoms. The third kappa shape index (κ3) is 5.58. The number of benzene rings is 1. The molecule has 1 amide bonds. The van der Waals surface area contributed by atoms with Gasteiger partial charge in [-0.05, 0) is 49.1 Å². The summed E-state index contributed by atoms with van der Waals surface area (Å²) in [7, 11) is 1.84. The van der Waals surface area contributed by atoms with Crippen LogP contribution < -0.4 is 10.9 Å². The molecule has 2 unspecified atom stereocenters. The van der Waals surface area contributed by atoms with Crippen LogP contribution in [0.4, 0.5) is 4.39 Å². The highest BCUT2D eigenvalue weighted by Crippen LogP contribution is 2.25. The molecule has 0 aliphatic carbocycles. The SMILES string of the molecule is CN(CCCCCC1CC(c2cccc(F)c2)NN1)C(=O)c1ccncc1. The van der Waals surface area contributed by atoms with E-state index in [9.17, 15) is 9.18 Å². The number of nitrogens with one attached hydrogen (secondary N) is 2. The number of unbranched alkanes of at least 4 members (excludes halogenated alkanes) is 2. The summed E-state index contributed by atoms with van der Waals surface area (Å²) < 4.78 is 13.4. The molecule has 2 atom stereocenters. The molecule has 1 fully saturated rings. The minimum absolute atomic E-state index is 0.0389. The van der Waals surface area contributed by atoms with Gasteiger partial charge in [0, 0.05) is 43.6 Å². The molecule has 2 aromatic rings. The van der Waals surface area contributed by atoms with E-state index in [-0.39, 0.29) is 17.8 Å². The highest BCUT2D eigenvalue weighted by Gasteiger charge is 2.24. The normalized spacial score (nSPS) is 19.2. The predicted octanol–water partition coefficient (Wildman–Crippen LogP) is 3.46. The second kappa shape index (κ2) is 9.58. The van der Waals surface area contributed by atoms with E-state index in [1.165, 1.54) is 6.07 Å². The van der Waals surface area contributed by atoms with E-state index in [2.05, 4.69) is 15.8 Å². The number of hydrogen-bond donors (Lipinski definition) is 2. The van der Waals surface area contributed by atoms with Crippen LogP contribution in [0.2, 0.25) is 0 Å². The summed E-state index contributed by atoms with van der Waals surface area (Å²) in [4.78, 5) is 18.0. The van der Waals surface area contributed by atoms with Crippen molar-refractivity contribution in [3.63, 3.8) is 0 Å². The Balaban J connectivity index is 1.32. The number of hydrazine groups is 1. The summed E-state index contributed by atoms with van der Waals surface area (Å²) in [5, 5.41) is 0. The minimum Gasteiger partial charge on any atom is -0.342 e. The second-order valence-corrected chi connectivity index (χ2v) is 7.14. The summed E-state index contributed by atoms with van der Waals surface area (Å²) in [6.45, 7) is 0.753. The fourth-order valence-electron chi connectivity index (χ4n) is 3.49. The molecule has 27 heavy (non-hydrogen) atoms. The molecule has 1 aromatic heterocycles. The number of halogens is 1. The molecule has 5 nitrogen and oxygen atoms in total. The highest BCUT2D eigenvalue weighted by molar-refractivity contribution is 5.93. The van der Waals surface area contributed by atoms with Crippen LogP contribution >= 0.6 is 0 Å². The van der Waals surface area contributed by atoms with Crippen molar-refractivity contribution in [2.24, 2.45) is 0 Å². The van der Waals surface area contributed by atoms with Crippen LogP contribution in [0, 0.1) is 5.82 Å². The van der Waals surface area contributed by atoms with Gasteiger partial charge in [0.25, 0.3) is 5.91 Å². The Labute approximate surface area is 160 Å².